The zero-order valence-corrected chi connectivity index (χ0v) is 18.1. The van der Waals surface area contributed by atoms with Crippen molar-refractivity contribution in [2.45, 2.75) is 38.2 Å². The highest BCUT2D eigenvalue weighted by Crippen LogP contribution is 2.19. The van der Waals surface area contributed by atoms with Gasteiger partial charge in [0.05, 0.1) is 13.8 Å². The first-order valence-corrected chi connectivity index (χ1v) is 10.2. The summed E-state index contributed by atoms with van der Waals surface area (Å²) >= 11 is 0. The maximum Gasteiger partial charge on any atom is 0.332 e. The van der Waals surface area contributed by atoms with Gasteiger partial charge >= 0.3 is 5.97 Å². The number of carbonyl (C=O) groups excluding carboxylic acids is 3. The van der Waals surface area contributed by atoms with Crippen molar-refractivity contribution in [1.29, 1.82) is 0 Å². The number of methoxy groups -OCH3 is 1. The van der Waals surface area contributed by atoms with Crippen LogP contribution in [0.5, 0.6) is 5.75 Å². The number of carbonyl (C=O) groups is 3. The first-order valence-electron chi connectivity index (χ1n) is 10.2. The number of fused-ring (bicyclic) bond motifs is 12. The van der Waals surface area contributed by atoms with Gasteiger partial charge in [0.15, 0.2) is 0 Å². The van der Waals surface area contributed by atoms with E-state index in [9.17, 15) is 14.4 Å². The number of esters is 1. The number of hydrogen-bond acceptors (Lipinski definition) is 7. The summed E-state index contributed by atoms with van der Waals surface area (Å²) in [5, 5.41) is 5.43. The first-order chi connectivity index (χ1) is 14.8. The van der Waals surface area contributed by atoms with Gasteiger partial charge in [-0.2, -0.15) is 0 Å². The van der Waals surface area contributed by atoms with Gasteiger partial charge < -0.3 is 30.5 Å². The molecule has 0 unspecified atom stereocenters. The summed E-state index contributed by atoms with van der Waals surface area (Å²) in [6, 6.07) is 5.51. The first kappa shape index (κ1) is 24.4. The minimum absolute atomic E-state index is 0.0161. The summed E-state index contributed by atoms with van der Waals surface area (Å²) in [6.07, 6.45) is 3.54. The van der Waals surface area contributed by atoms with E-state index in [4.69, 9.17) is 19.9 Å². The Bertz CT molecular complexity index is 784. The molecule has 0 fully saturated rings. The topological polar surface area (TPSA) is 129 Å². The SMILES string of the molecule is COC(=O)[C@@H]1C=CCOc2ccc(cc2)C[C@H](BOCN)C(=O)N[C@@H](C(C)C)C(=O)N1. The molecule has 4 N–H and O–H groups in total. The second kappa shape index (κ2) is 12.1. The molecule has 0 spiro atoms. The Hall–Kier alpha value is -2.85. The van der Waals surface area contributed by atoms with Gasteiger partial charge in [-0.25, -0.2) is 4.79 Å². The van der Waals surface area contributed by atoms with E-state index in [0.29, 0.717) is 12.2 Å². The third-order valence-electron chi connectivity index (χ3n) is 4.89. The third-order valence-corrected chi connectivity index (χ3v) is 4.89. The highest BCUT2D eigenvalue weighted by Gasteiger charge is 2.31. The Balaban J connectivity index is 2.35. The summed E-state index contributed by atoms with van der Waals surface area (Å²) in [7, 11) is 1.35. The lowest BCUT2D eigenvalue weighted by Crippen LogP contribution is -2.54. The number of ether oxygens (including phenoxy) is 2. The monoisotopic (exact) mass is 431 g/mol. The molecular formula is C21H30BN3O6. The molecule has 0 radical (unpaired) electrons. The second-order valence-corrected chi connectivity index (χ2v) is 7.56. The van der Waals surface area contributed by atoms with Crippen LogP contribution in [0.2, 0.25) is 5.82 Å². The van der Waals surface area contributed by atoms with Gasteiger partial charge in [-0.3, -0.25) is 9.59 Å². The van der Waals surface area contributed by atoms with Crippen LogP contribution in [0.3, 0.4) is 0 Å². The van der Waals surface area contributed by atoms with Crippen LogP contribution in [0.15, 0.2) is 36.4 Å². The zero-order valence-electron chi connectivity index (χ0n) is 18.1. The molecule has 3 atom stereocenters. The number of benzene rings is 1. The van der Waals surface area contributed by atoms with Crippen LogP contribution in [-0.4, -0.2) is 57.8 Å². The molecule has 2 aliphatic rings. The molecule has 0 saturated carbocycles. The summed E-state index contributed by atoms with van der Waals surface area (Å²) in [4.78, 5) is 38.0. The van der Waals surface area contributed by atoms with Crippen molar-refractivity contribution in [3.8, 4) is 5.75 Å². The molecule has 0 saturated heterocycles. The average Bonchev–Trinajstić information content (AvgIpc) is 2.76. The van der Waals surface area contributed by atoms with Crippen molar-refractivity contribution in [2.75, 3.05) is 20.4 Å². The Kier molecular flexibility index (Phi) is 9.55. The van der Waals surface area contributed by atoms with Crippen LogP contribution < -0.4 is 21.1 Å². The largest absolute Gasteiger partial charge is 0.490 e. The number of nitrogens with two attached hydrogens (primary N) is 1. The fourth-order valence-corrected chi connectivity index (χ4v) is 3.14. The van der Waals surface area contributed by atoms with Crippen molar-refractivity contribution in [3.05, 3.63) is 42.0 Å². The van der Waals surface area contributed by atoms with Gasteiger partial charge in [-0.15, -0.1) is 0 Å². The van der Waals surface area contributed by atoms with Crippen LogP contribution in [0, 0.1) is 5.92 Å². The lowest BCUT2D eigenvalue weighted by Gasteiger charge is -2.26. The third kappa shape index (κ3) is 7.41. The average molecular weight is 431 g/mol. The van der Waals surface area contributed by atoms with Crippen LogP contribution >= 0.6 is 0 Å². The molecule has 2 bridgehead atoms. The van der Waals surface area contributed by atoms with Gasteiger partial charge in [0.1, 0.15) is 24.4 Å². The smallest absolute Gasteiger partial charge is 0.332 e. The predicted octanol–water partition coefficient (Wildman–Crippen LogP) is 0.0491. The molecule has 1 aromatic rings. The molecule has 0 aromatic heterocycles. The number of hydrogen-bond donors (Lipinski definition) is 3. The quantitative estimate of drug-likeness (QED) is 0.260. The summed E-state index contributed by atoms with van der Waals surface area (Å²) in [5.41, 5.74) is 6.36. The highest BCUT2D eigenvalue weighted by molar-refractivity contribution is 6.37. The molecular weight excluding hydrogens is 401 g/mol. The standard InChI is InChI=1S/C21H30BN3O6/c1-13(2)18-20(27)24-17(21(28)29-3)5-4-10-30-15-8-6-14(7-9-15)11-16(19(26)25-18)22-31-12-23/h4-9,13,16-18,22H,10-12,23H2,1-3H3,(H,24,27)(H,25,26)/t16-,17-,18-/m0/s1. The Morgan fingerprint density at radius 2 is 1.94 bits per heavy atom. The molecule has 2 aliphatic heterocycles. The Morgan fingerprint density at radius 3 is 2.55 bits per heavy atom. The molecule has 31 heavy (non-hydrogen) atoms. The molecule has 10 heteroatoms. The van der Waals surface area contributed by atoms with E-state index >= 15 is 0 Å². The molecule has 2 amide bonds. The van der Waals surface area contributed by atoms with Crippen molar-refractivity contribution >= 4 is 25.3 Å². The minimum atomic E-state index is -1.01. The normalized spacial score (nSPS) is 22.4. The fourth-order valence-electron chi connectivity index (χ4n) is 3.14. The maximum absolute atomic E-state index is 13.0. The van der Waals surface area contributed by atoms with Crippen LogP contribution in [0.25, 0.3) is 0 Å². The minimum Gasteiger partial charge on any atom is -0.490 e. The Morgan fingerprint density at radius 1 is 1.23 bits per heavy atom. The summed E-state index contributed by atoms with van der Waals surface area (Å²) in [5.74, 6) is -1.58. The maximum atomic E-state index is 13.0. The molecule has 2 heterocycles. The number of rotatable bonds is 5. The van der Waals surface area contributed by atoms with Crippen LogP contribution in [0.1, 0.15) is 19.4 Å². The van der Waals surface area contributed by atoms with Crippen LogP contribution in [0.4, 0.5) is 0 Å². The van der Waals surface area contributed by atoms with E-state index in [-0.39, 0.29) is 32.6 Å². The van der Waals surface area contributed by atoms with E-state index in [1.165, 1.54) is 13.2 Å². The van der Waals surface area contributed by atoms with E-state index in [0.717, 1.165) is 5.56 Å². The van der Waals surface area contributed by atoms with Gasteiger partial charge in [0, 0.05) is 5.82 Å². The van der Waals surface area contributed by atoms with E-state index in [1.54, 1.807) is 6.08 Å². The van der Waals surface area contributed by atoms with E-state index < -0.39 is 29.8 Å². The zero-order chi connectivity index (χ0) is 22.8. The van der Waals surface area contributed by atoms with Crippen LogP contribution in [-0.2, 0) is 30.2 Å². The van der Waals surface area contributed by atoms with Gasteiger partial charge in [-0.1, -0.05) is 32.1 Å². The van der Waals surface area contributed by atoms with Crippen molar-refractivity contribution < 1.29 is 28.5 Å². The molecule has 1 aromatic carbocycles. The van der Waals surface area contributed by atoms with E-state index in [2.05, 4.69) is 10.6 Å². The second-order valence-electron chi connectivity index (χ2n) is 7.56. The number of amides is 2. The molecule has 9 nitrogen and oxygen atoms in total. The fraction of sp³-hybridized carbons (Fsp3) is 0.476. The highest BCUT2D eigenvalue weighted by atomic mass is 16.5. The Labute approximate surface area is 182 Å². The number of nitrogens with one attached hydrogen (secondary N) is 2. The molecule has 0 aliphatic carbocycles. The van der Waals surface area contributed by atoms with Gasteiger partial charge in [0.25, 0.3) is 7.48 Å². The van der Waals surface area contributed by atoms with Crippen molar-refractivity contribution in [2.24, 2.45) is 11.7 Å². The lowest BCUT2D eigenvalue weighted by atomic mass is 9.75. The van der Waals surface area contributed by atoms with Crippen molar-refractivity contribution in [1.82, 2.24) is 10.6 Å². The molecule has 3 rings (SSSR count). The van der Waals surface area contributed by atoms with E-state index in [1.807, 2.05) is 38.1 Å². The lowest BCUT2D eigenvalue weighted by molar-refractivity contribution is -0.144. The predicted molar refractivity (Wildman–Crippen MR) is 117 cm³/mol. The van der Waals surface area contributed by atoms with Crippen molar-refractivity contribution in [3.63, 3.8) is 0 Å². The molecule has 168 valence electrons. The van der Waals surface area contributed by atoms with Gasteiger partial charge in [0.2, 0.25) is 11.8 Å². The summed E-state index contributed by atoms with van der Waals surface area (Å²) < 4.78 is 15.7. The van der Waals surface area contributed by atoms with Gasteiger partial charge in [-0.05, 0) is 36.1 Å². The summed E-state index contributed by atoms with van der Waals surface area (Å²) in [6.45, 7) is 3.81.